The number of benzene rings is 1. The first-order valence-corrected chi connectivity index (χ1v) is 7.45. The normalized spacial score (nSPS) is 10.6. The van der Waals surface area contributed by atoms with E-state index in [-0.39, 0.29) is 0 Å². The standard InChI is InChI=1S/C14H23NOS/c1-11-8-13(10-15-3)9-12(2)14(11)16-6-5-7-17-4/h8-9,15H,5-7,10H2,1-4H3. The fourth-order valence-electron chi connectivity index (χ4n) is 1.95. The van der Waals surface area contributed by atoms with Crippen LogP contribution in [0.15, 0.2) is 12.1 Å². The Kier molecular flexibility index (Phi) is 6.45. The van der Waals surface area contributed by atoms with Crippen LogP contribution in [0.2, 0.25) is 0 Å². The third-order valence-electron chi connectivity index (χ3n) is 2.64. The highest BCUT2D eigenvalue weighted by Crippen LogP contribution is 2.25. The second-order valence-electron chi connectivity index (χ2n) is 4.28. The average molecular weight is 253 g/mol. The lowest BCUT2D eigenvalue weighted by molar-refractivity contribution is 0.314. The molecule has 0 aliphatic carbocycles. The molecule has 1 aromatic carbocycles. The number of thioether (sulfide) groups is 1. The Bertz CT molecular complexity index is 329. The SMILES string of the molecule is CNCc1cc(C)c(OCCCSC)c(C)c1. The molecule has 0 bridgehead atoms. The Morgan fingerprint density at radius 1 is 1.24 bits per heavy atom. The van der Waals surface area contributed by atoms with Gasteiger partial charge < -0.3 is 10.1 Å². The minimum Gasteiger partial charge on any atom is -0.493 e. The largest absolute Gasteiger partial charge is 0.493 e. The van der Waals surface area contributed by atoms with Gasteiger partial charge in [0.05, 0.1) is 6.61 Å². The highest BCUT2D eigenvalue weighted by atomic mass is 32.2. The van der Waals surface area contributed by atoms with Gasteiger partial charge in [-0.3, -0.25) is 0 Å². The third-order valence-corrected chi connectivity index (χ3v) is 3.34. The smallest absolute Gasteiger partial charge is 0.125 e. The van der Waals surface area contributed by atoms with Gasteiger partial charge in [0.15, 0.2) is 0 Å². The molecular weight excluding hydrogens is 230 g/mol. The van der Waals surface area contributed by atoms with Crippen LogP contribution in [0.25, 0.3) is 0 Å². The van der Waals surface area contributed by atoms with Crippen molar-refractivity contribution in [2.75, 3.05) is 25.7 Å². The molecule has 0 unspecified atom stereocenters. The van der Waals surface area contributed by atoms with Crippen LogP contribution in [0.3, 0.4) is 0 Å². The molecule has 0 radical (unpaired) electrons. The van der Waals surface area contributed by atoms with Crippen molar-refractivity contribution >= 4 is 11.8 Å². The van der Waals surface area contributed by atoms with Crippen molar-refractivity contribution in [2.24, 2.45) is 0 Å². The van der Waals surface area contributed by atoms with E-state index in [0.717, 1.165) is 31.1 Å². The predicted molar refractivity (Wildman–Crippen MR) is 77.2 cm³/mol. The van der Waals surface area contributed by atoms with Crippen LogP contribution in [0.1, 0.15) is 23.1 Å². The fourth-order valence-corrected chi connectivity index (χ4v) is 2.36. The van der Waals surface area contributed by atoms with E-state index >= 15 is 0 Å². The van der Waals surface area contributed by atoms with Gasteiger partial charge in [-0.05, 0) is 56.0 Å². The van der Waals surface area contributed by atoms with Crippen molar-refractivity contribution < 1.29 is 4.74 Å². The van der Waals surface area contributed by atoms with Gasteiger partial charge in [0.1, 0.15) is 5.75 Å². The van der Waals surface area contributed by atoms with Crippen LogP contribution in [0.4, 0.5) is 0 Å². The molecule has 2 nitrogen and oxygen atoms in total. The van der Waals surface area contributed by atoms with Gasteiger partial charge in [-0.1, -0.05) is 12.1 Å². The third kappa shape index (κ3) is 4.60. The van der Waals surface area contributed by atoms with Crippen LogP contribution in [0.5, 0.6) is 5.75 Å². The molecule has 0 fully saturated rings. The van der Waals surface area contributed by atoms with E-state index in [2.05, 4.69) is 37.6 Å². The maximum atomic E-state index is 5.87. The molecule has 0 amide bonds. The minimum atomic E-state index is 0.813. The molecule has 1 aromatic rings. The molecule has 17 heavy (non-hydrogen) atoms. The average Bonchev–Trinajstić information content (AvgIpc) is 2.27. The molecule has 1 rings (SSSR count). The Morgan fingerprint density at radius 3 is 2.41 bits per heavy atom. The van der Waals surface area contributed by atoms with Gasteiger partial charge in [-0.15, -0.1) is 0 Å². The first kappa shape index (κ1) is 14.4. The highest BCUT2D eigenvalue weighted by Gasteiger charge is 2.06. The van der Waals surface area contributed by atoms with Crippen LogP contribution < -0.4 is 10.1 Å². The second-order valence-corrected chi connectivity index (χ2v) is 5.27. The highest BCUT2D eigenvalue weighted by molar-refractivity contribution is 7.98. The summed E-state index contributed by atoms with van der Waals surface area (Å²) in [6.45, 7) is 5.97. The van der Waals surface area contributed by atoms with Crippen molar-refractivity contribution in [3.8, 4) is 5.75 Å². The van der Waals surface area contributed by atoms with E-state index in [1.807, 2.05) is 18.8 Å². The molecular formula is C14H23NOS. The van der Waals surface area contributed by atoms with Gasteiger partial charge in [-0.25, -0.2) is 0 Å². The van der Waals surface area contributed by atoms with Crippen LogP contribution in [-0.4, -0.2) is 25.7 Å². The number of hydrogen-bond donors (Lipinski definition) is 1. The Morgan fingerprint density at radius 2 is 1.88 bits per heavy atom. The first-order valence-electron chi connectivity index (χ1n) is 6.05. The molecule has 0 heterocycles. The van der Waals surface area contributed by atoms with Gasteiger partial charge in [0.25, 0.3) is 0 Å². The van der Waals surface area contributed by atoms with Gasteiger partial charge in [0, 0.05) is 6.54 Å². The summed E-state index contributed by atoms with van der Waals surface area (Å²) in [6, 6.07) is 4.40. The number of hydrogen-bond acceptors (Lipinski definition) is 3. The van der Waals surface area contributed by atoms with Crippen molar-refractivity contribution in [2.45, 2.75) is 26.8 Å². The zero-order valence-corrected chi connectivity index (χ0v) is 12.1. The molecule has 0 saturated carbocycles. The quantitative estimate of drug-likeness (QED) is 0.754. The van der Waals surface area contributed by atoms with E-state index in [1.54, 1.807) is 0 Å². The van der Waals surface area contributed by atoms with E-state index in [1.165, 1.54) is 16.7 Å². The molecule has 1 N–H and O–H groups in total. The van der Waals surface area contributed by atoms with E-state index in [9.17, 15) is 0 Å². The molecule has 0 aliphatic heterocycles. The molecule has 0 saturated heterocycles. The monoisotopic (exact) mass is 253 g/mol. The molecule has 3 heteroatoms. The molecule has 0 atom stereocenters. The molecule has 96 valence electrons. The minimum absolute atomic E-state index is 0.813. The van der Waals surface area contributed by atoms with Crippen LogP contribution >= 0.6 is 11.8 Å². The van der Waals surface area contributed by atoms with Crippen molar-refractivity contribution in [3.63, 3.8) is 0 Å². The maximum absolute atomic E-state index is 5.87. The summed E-state index contributed by atoms with van der Waals surface area (Å²) in [5, 5.41) is 3.17. The number of nitrogens with one attached hydrogen (secondary N) is 1. The lowest BCUT2D eigenvalue weighted by atomic mass is 10.1. The zero-order chi connectivity index (χ0) is 12.7. The van der Waals surface area contributed by atoms with E-state index in [0.29, 0.717) is 0 Å². The van der Waals surface area contributed by atoms with Crippen molar-refractivity contribution in [3.05, 3.63) is 28.8 Å². The number of rotatable bonds is 7. The summed E-state index contributed by atoms with van der Waals surface area (Å²) < 4.78 is 5.87. The number of aryl methyl sites for hydroxylation is 2. The predicted octanol–water partition coefficient (Wildman–Crippen LogP) is 3.15. The Balaban J connectivity index is 2.65. The van der Waals surface area contributed by atoms with E-state index in [4.69, 9.17) is 4.74 Å². The zero-order valence-electron chi connectivity index (χ0n) is 11.3. The number of ether oxygens (including phenoxy) is 1. The van der Waals surface area contributed by atoms with Crippen molar-refractivity contribution in [1.82, 2.24) is 5.32 Å². The second kappa shape index (κ2) is 7.62. The first-order chi connectivity index (χ1) is 8.19. The maximum Gasteiger partial charge on any atom is 0.125 e. The molecule has 0 aliphatic rings. The summed E-state index contributed by atoms with van der Waals surface area (Å²) >= 11 is 1.87. The molecule has 0 spiro atoms. The fraction of sp³-hybridized carbons (Fsp3) is 0.571. The summed E-state index contributed by atoms with van der Waals surface area (Å²) in [7, 11) is 1.97. The van der Waals surface area contributed by atoms with Crippen LogP contribution in [0, 0.1) is 13.8 Å². The Labute approximate surface area is 109 Å². The van der Waals surface area contributed by atoms with Crippen LogP contribution in [-0.2, 0) is 6.54 Å². The lowest BCUT2D eigenvalue weighted by Crippen LogP contribution is -2.07. The molecule has 0 aromatic heterocycles. The summed E-state index contributed by atoms with van der Waals surface area (Å²) in [5.41, 5.74) is 3.79. The van der Waals surface area contributed by atoms with Gasteiger partial charge in [0.2, 0.25) is 0 Å². The summed E-state index contributed by atoms with van der Waals surface area (Å²) in [6.07, 6.45) is 3.24. The van der Waals surface area contributed by atoms with Gasteiger partial charge >= 0.3 is 0 Å². The lowest BCUT2D eigenvalue weighted by Gasteiger charge is -2.14. The van der Waals surface area contributed by atoms with E-state index < -0.39 is 0 Å². The summed E-state index contributed by atoms with van der Waals surface area (Å²) in [5.74, 6) is 2.22. The summed E-state index contributed by atoms with van der Waals surface area (Å²) in [4.78, 5) is 0. The topological polar surface area (TPSA) is 21.3 Å². The van der Waals surface area contributed by atoms with Gasteiger partial charge in [-0.2, -0.15) is 11.8 Å². The Hall–Kier alpha value is -0.670. The van der Waals surface area contributed by atoms with Crippen molar-refractivity contribution in [1.29, 1.82) is 0 Å².